The van der Waals surface area contributed by atoms with Gasteiger partial charge in [-0.15, -0.1) is 0 Å². The molecule has 4 rings (SSSR count). The summed E-state index contributed by atoms with van der Waals surface area (Å²) in [5.41, 5.74) is 6.43. The smallest absolute Gasteiger partial charge is 0.218 e. The summed E-state index contributed by atoms with van der Waals surface area (Å²) in [6.07, 6.45) is 2.96. The zero-order chi connectivity index (χ0) is 12.1. The normalized spacial score (nSPS) is 15.6. The molecule has 18 heavy (non-hydrogen) atoms. The average Bonchev–Trinajstić information content (AvgIpc) is 2.86. The van der Waals surface area contributed by atoms with Gasteiger partial charge in [0.15, 0.2) is 0 Å². The number of halogens is 1. The molecule has 2 aromatic rings. The highest BCUT2D eigenvalue weighted by Crippen LogP contribution is 2.43. The molecule has 0 bridgehead atoms. The molecule has 0 spiro atoms. The van der Waals surface area contributed by atoms with Crippen LogP contribution < -0.4 is 4.74 Å². The lowest BCUT2D eigenvalue weighted by Gasteiger charge is -2.22. The number of pyridine rings is 1. The number of nitrogens with zero attached hydrogens (tertiary/aromatic N) is 1. The molecule has 0 saturated carbocycles. The average molecular weight is 258 g/mol. The minimum absolute atomic E-state index is 0.611. The fraction of sp³-hybridized carbons (Fsp3) is 0.267. The summed E-state index contributed by atoms with van der Waals surface area (Å²) in [6, 6.07) is 8.57. The third kappa shape index (κ3) is 1.33. The molecule has 1 aliphatic carbocycles. The van der Waals surface area contributed by atoms with Gasteiger partial charge in [0.2, 0.25) is 5.88 Å². The number of rotatable bonds is 0. The Balaban J connectivity index is 2.08. The van der Waals surface area contributed by atoms with Crippen LogP contribution in [0, 0.1) is 0 Å². The zero-order valence-corrected chi connectivity index (χ0v) is 10.6. The zero-order valence-electron chi connectivity index (χ0n) is 9.87. The van der Waals surface area contributed by atoms with Gasteiger partial charge in [-0.1, -0.05) is 35.9 Å². The van der Waals surface area contributed by atoms with E-state index in [1.54, 1.807) is 0 Å². The van der Waals surface area contributed by atoms with Crippen LogP contribution in [-0.4, -0.2) is 11.6 Å². The first kappa shape index (κ1) is 10.4. The Morgan fingerprint density at radius 1 is 1.06 bits per heavy atom. The molecule has 0 amide bonds. The minimum atomic E-state index is 0.611. The van der Waals surface area contributed by atoms with Gasteiger partial charge in [-0.25, -0.2) is 4.98 Å². The Kier molecular flexibility index (Phi) is 2.15. The molecule has 3 heteroatoms. The lowest BCUT2D eigenvalue weighted by atomic mass is 9.84. The lowest BCUT2D eigenvalue weighted by Crippen LogP contribution is -2.07. The summed E-state index contributed by atoms with van der Waals surface area (Å²) >= 11 is 6.30. The van der Waals surface area contributed by atoms with Crippen molar-refractivity contribution in [1.29, 1.82) is 0 Å². The summed E-state index contributed by atoms with van der Waals surface area (Å²) in [6.45, 7) is 0.720. The number of ether oxygens (including phenoxy) is 1. The van der Waals surface area contributed by atoms with Crippen molar-refractivity contribution in [1.82, 2.24) is 4.98 Å². The van der Waals surface area contributed by atoms with Crippen LogP contribution in [0.3, 0.4) is 0 Å². The van der Waals surface area contributed by atoms with E-state index in [4.69, 9.17) is 16.3 Å². The van der Waals surface area contributed by atoms with Gasteiger partial charge in [0.05, 0.1) is 6.61 Å². The van der Waals surface area contributed by atoms with Crippen LogP contribution in [0.15, 0.2) is 24.3 Å². The molecule has 2 heterocycles. The predicted octanol–water partition coefficient (Wildman–Crippen LogP) is 3.44. The van der Waals surface area contributed by atoms with Gasteiger partial charge in [0.25, 0.3) is 0 Å². The quantitative estimate of drug-likeness (QED) is 0.675. The van der Waals surface area contributed by atoms with Crippen molar-refractivity contribution < 1.29 is 4.74 Å². The summed E-state index contributed by atoms with van der Waals surface area (Å²) in [5.74, 6) is 0.732. The summed E-state index contributed by atoms with van der Waals surface area (Å²) < 4.78 is 5.56. The summed E-state index contributed by atoms with van der Waals surface area (Å²) in [5, 5.41) is 0.611. The maximum Gasteiger partial charge on any atom is 0.218 e. The van der Waals surface area contributed by atoms with Crippen molar-refractivity contribution in [3.8, 4) is 17.0 Å². The molecule has 0 fully saturated rings. The highest BCUT2D eigenvalue weighted by atomic mass is 35.5. The van der Waals surface area contributed by atoms with Crippen molar-refractivity contribution >= 4 is 11.6 Å². The first-order chi connectivity index (χ1) is 8.84. The largest absolute Gasteiger partial charge is 0.477 e. The number of aromatic nitrogens is 1. The van der Waals surface area contributed by atoms with E-state index >= 15 is 0 Å². The van der Waals surface area contributed by atoms with E-state index in [1.165, 1.54) is 27.8 Å². The molecule has 0 saturated heterocycles. The topological polar surface area (TPSA) is 22.1 Å². The number of hydrogen-bond acceptors (Lipinski definition) is 2. The molecule has 2 aliphatic rings. The van der Waals surface area contributed by atoms with Crippen LogP contribution in [-0.2, 0) is 19.3 Å². The Morgan fingerprint density at radius 3 is 2.89 bits per heavy atom. The van der Waals surface area contributed by atoms with Crippen LogP contribution in [0.1, 0.15) is 16.7 Å². The lowest BCUT2D eigenvalue weighted by molar-refractivity contribution is 0.345. The van der Waals surface area contributed by atoms with Crippen LogP contribution >= 0.6 is 11.6 Å². The summed E-state index contributed by atoms with van der Waals surface area (Å²) in [7, 11) is 0. The van der Waals surface area contributed by atoms with Crippen molar-refractivity contribution in [3.63, 3.8) is 0 Å². The first-order valence-corrected chi connectivity index (χ1v) is 6.64. The van der Waals surface area contributed by atoms with E-state index in [0.29, 0.717) is 5.15 Å². The van der Waals surface area contributed by atoms with Crippen LogP contribution in [0.25, 0.3) is 11.1 Å². The van der Waals surface area contributed by atoms with Crippen molar-refractivity contribution in [2.45, 2.75) is 19.3 Å². The van der Waals surface area contributed by atoms with Crippen molar-refractivity contribution in [3.05, 3.63) is 46.1 Å². The number of hydrogen-bond donors (Lipinski definition) is 0. The number of benzene rings is 1. The van der Waals surface area contributed by atoms with Crippen molar-refractivity contribution in [2.75, 3.05) is 6.61 Å². The van der Waals surface area contributed by atoms with E-state index in [2.05, 4.69) is 29.2 Å². The van der Waals surface area contributed by atoms with E-state index < -0.39 is 0 Å². The van der Waals surface area contributed by atoms with Crippen LogP contribution in [0.4, 0.5) is 0 Å². The van der Waals surface area contributed by atoms with E-state index in [-0.39, 0.29) is 0 Å². The molecule has 90 valence electrons. The first-order valence-electron chi connectivity index (χ1n) is 6.27. The van der Waals surface area contributed by atoms with Crippen molar-refractivity contribution in [2.24, 2.45) is 0 Å². The molecular formula is C15H12ClNO. The fourth-order valence-electron chi connectivity index (χ4n) is 3.01. The van der Waals surface area contributed by atoms with Crippen LogP contribution in [0.2, 0.25) is 5.15 Å². The molecular weight excluding hydrogens is 246 g/mol. The highest BCUT2D eigenvalue weighted by molar-refractivity contribution is 6.30. The van der Waals surface area contributed by atoms with Crippen LogP contribution in [0.5, 0.6) is 5.88 Å². The van der Waals surface area contributed by atoms with Gasteiger partial charge in [-0.2, -0.15) is 0 Å². The molecule has 0 atom stereocenters. The van der Waals surface area contributed by atoms with Gasteiger partial charge in [-0.3, -0.25) is 0 Å². The van der Waals surface area contributed by atoms with Gasteiger partial charge in [0, 0.05) is 12.0 Å². The third-order valence-electron chi connectivity index (χ3n) is 3.83. The van der Waals surface area contributed by atoms with Gasteiger partial charge in [0.1, 0.15) is 5.15 Å². The second-order valence-corrected chi connectivity index (χ2v) is 5.15. The third-order valence-corrected chi connectivity index (χ3v) is 4.14. The maximum atomic E-state index is 6.30. The minimum Gasteiger partial charge on any atom is -0.477 e. The number of aryl methyl sites for hydroxylation is 1. The second-order valence-electron chi connectivity index (χ2n) is 4.80. The molecule has 0 unspecified atom stereocenters. The van der Waals surface area contributed by atoms with Gasteiger partial charge >= 0.3 is 0 Å². The standard InChI is InChI=1S/C15H12ClNO/c16-14-11-6-5-9-3-1-2-4-10(9)13(11)12-7-8-18-15(12)17-14/h1-4H,5-8H2. The molecule has 0 N–H and O–H groups in total. The molecule has 1 aromatic carbocycles. The maximum absolute atomic E-state index is 6.30. The Labute approximate surface area is 111 Å². The molecule has 0 radical (unpaired) electrons. The van der Waals surface area contributed by atoms with E-state index in [1.807, 2.05) is 0 Å². The highest BCUT2D eigenvalue weighted by Gasteiger charge is 2.27. The molecule has 1 aromatic heterocycles. The van der Waals surface area contributed by atoms with E-state index in [0.717, 1.165) is 31.7 Å². The second kappa shape index (κ2) is 3.72. The summed E-state index contributed by atoms with van der Waals surface area (Å²) in [4.78, 5) is 4.38. The predicted molar refractivity (Wildman–Crippen MR) is 71.3 cm³/mol. The molecule has 2 nitrogen and oxygen atoms in total. The monoisotopic (exact) mass is 257 g/mol. The SMILES string of the molecule is Clc1nc2c(c3c1CCc1ccccc1-3)CCO2. The van der Waals surface area contributed by atoms with Gasteiger partial charge < -0.3 is 4.74 Å². The molecule has 1 aliphatic heterocycles. The van der Waals surface area contributed by atoms with Gasteiger partial charge in [-0.05, 0) is 35.1 Å². The Hall–Kier alpha value is -1.54. The fourth-order valence-corrected chi connectivity index (χ4v) is 3.28. The Morgan fingerprint density at radius 2 is 1.94 bits per heavy atom. The number of fused-ring (bicyclic) bond motifs is 5. The van der Waals surface area contributed by atoms with E-state index in [9.17, 15) is 0 Å². The Bertz CT molecular complexity index is 647.